The van der Waals surface area contributed by atoms with Crippen LogP contribution in [0.4, 0.5) is 22.4 Å². The molecule has 0 radical (unpaired) electrons. The van der Waals surface area contributed by atoms with Crippen molar-refractivity contribution in [2.45, 2.75) is 239 Å². The minimum Gasteiger partial charge on any atom is -0.319 e. The molecular formula is C43H89F5N5O11S5+. The highest BCUT2D eigenvalue weighted by Crippen LogP contribution is 2.52. The van der Waals surface area contributed by atoms with E-state index >= 15 is 22.4 Å². The third kappa shape index (κ3) is 20.1. The summed E-state index contributed by atoms with van der Waals surface area (Å²) in [5.41, 5.74) is 0. The van der Waals surface area contributed by atoms with Crippen LogP contribution in [0.5, 0.6) is 0 Å². The maximum Gasteiger partial charge on any atom is 0.412 e. The van der Waals surface area contributed by atoms with Gasteiger partial charge in [-0.2, -0.15) is 8.42 Å². The van der Waals surface area contributed by atoms with Gasteiger partial charge in [-0.05, 0) is 32.1 Å². The Kier molecular flexibility index (Phi) is 32.8. The number of nitrogens with zero attached hydrogens (tertiary/aromatic N) is 5. The highest BCUT2D eigenvalue weighted by Gasteiger charge is 2.89. The maximum absolute atomic E-state index is 18.3. The van der Waals surface area contributed by atoms with E-state index in [1.165, 1.54) is 0 Å². The lowest BCUT2D eigenvalue weighted by atomic mass is 10.1. The molecule has 2 unspecified atom stereocenters. The Morgan fingerprint density at radius 2 is 0.536 bits per heavy atom. The fraction of sp³-hybridized carbons (Fsp3) is 1.00. The quantitative estimate of drug-likeness (QED) is 0.0263. The number of sulfonamides is 5. The smallest absolute Gasteiger partial charge is 0.319 e. The second-order valence-electron chi connectivity index (χ2n) is 18.3. The monoisotopic (exact) mass is 1110 g/mol. The van der Waals surface area contributed by atoms with Crippen LogP contribution in [0.25, 0.3) is 0 Å². The van der Waals surface area contributed by atoms with Crippen LogP contribution in [0.2, 0.25) is 0 Å². The van der Waals surface area contributed by atoms with E-state index in [9.17, 15) is 47.2 Å². The van der Waals surface area contributed by atoms with Gasteiger partial charge >= 0.3 is 21.7 Å². The second-order valence-corrected chi connectivity index (χ2v) is 28.2. The molecule has 26 heteroatoms. The Labute approximate surface area is 414 Å². The van der Waals surface area contributed by atoms with Crippen LogP contribution in [-0.2, 0) is 50.1 Å². The Bertz CT molecular complexity index is 1850. The van der Waals surface area contributed by atoms with Crippen LogP contribution in [0, 0.1) is 0 Å². The van der Waals surface area contributed by atoms with Crippen molar-refractivity contribution in [3.05, 3.63) is 0 Å². The molecule has 16 nitrogen and oxygen atoms in total. The van der Waals surface area contributed by atoms with Gasteiger partial charge in [0.15, 0.2) is 0 Å². The maximum atomic E-state index is 18.3. The van der Waals surface area contributed by atoms with Crippen LogP contribution in [-0.4, -0.2) is 117 Å². The normalized spacial score (nSPS) is 15.4. The summed E-state index contributed by atoms with van der Waals surface area (Å²) >= 11 is 0. The predicted molar refractivity (Wildman–Crippen MR) is 263 cm³/mol. The van der Waals surface area contributed by atoms with Crippen LogP contribution in [0.15, 0.2) is 0 Å². The molecule has 0 amide bonds. The molecule has 0 aliphatic carbocycles. The number of rotatable bonds is 46. The van der Waals surface area contributed by atoms with Crippen molar-refractivity contribution in [3.8, 4) is 0 Å². The van der Waals surface area contributed by atoms with E-state index in [1.807, 2.05) is 34.6 Å². The average Bonchev–Trinajstić information content (AvgIpc) is 3.28. The van der Waals surface area contributed by atoms with Gasteiger partial charge in [-0.1, -0.05) is 195 Å². The van der Waals surface area contributed by atoms with Gasteiger partial charge in [0, 0.05) is 22.2 Å². The molecule has 416 valence electrons. The third-order valence-electron chi connectivity index (χ3n) is 12.3. The van der Waals surface area contributed by atoms with Gasteiger partial charge in [-0.15, -0.1) is 17.9 Å². The molecule has 0 aliphatic heterocycles. The van der Waals surface area contributed by atoms with Gasteiger partial charge in [-0.3, -0.25) is 0 Å². The molecule has 0 aliphatic rings. The predicted octanol–water partition coefficient (Wildman–Crippen LogP) is 10.8. The molecule has 0 bridgehead atoms. The highest BCUT2D eigenvalue weighted by molar-refractivity contribution is 7.91. The second kappa shape index (κ2) is 33.2. The number of unbranched alkanes of at least 4 members (excludes halogenated alkanes) is 25. The lowest BCUT2D eigenvalue weighted by Gasteiger charge is -2.51. The summed E-state index contributed by atoms with van der Waals surface area (Å²) in [5.74, 6) is -20.2. The van der Waals surface area contributed by atoms with E-state index in [0.29, 0.717) is 96.3 Å². The first-order valence-corrected chi connectivity index (χ1v) is 33.5. The summed E-state index contributed by atoms with van der Waals surface area (Å²) in [6.45, 7) is 9.35. The first-order chi connectivity index (χ1) is 32.2. The van der Waals surface area contributed by atoms with Gasteiger partial charge in [0.25, 0.3) is 0 Å². The summed E-state index contributed by atoms with van der Waals surface area (Å²) in [6.07, 6.45) is 8.35. The molecule has 0 aromatic carbocycles. The van der Waals surface area contributed by atoms with Crippen molar-refractivity contribution < 1.29 is 73.7 Å². The average molecular weight is 1110 g/mol. The van der Waals surface area contributed by atoms with Gasteiger partial charge in [0.1, 0.15) is 12.8 Å². The van der Waals surface area contributed by atoms with E-state index < -0.39 is 152 Å². The largest absolute Gasteiger partial charge is 0.412 e. The minimum absolute atomic E-state index is 0.00984. The first kappa shape index (κ1) is 68.2. The van der Waals surface area contributed by atoms with Gasteiger partial charge in [-0.25, -0.2) is 33.7 Å². The molecule has 0 spiro atoms. The summed E-state index contributed by atoms with van der Waals surface area (Å²) in [7, 11) is -32.0. The van der Waals surface area contributed by atoms with Gasteiger partial charge < -0.3 is 5.11 Å². The van der Waals surface area contributed by atoms with Crippen molar-refractivity contribution >= 4 is 50.1 Å². The summed E-state index contributed by atoms with van der Waals surface area (Å²) in [5, 5.41) is 12.8. The highest BCUT2D eigenvalue weighted by atomic mass is 32.2. The zero-order valence-corrected chi connectivity index (χ0v) is 46.5. The van der Waals surface area contributed by atoms with Crippen molar-refractivity contribution in [2.75, 3.05) is 35.8 Å². The molecule has 2 atom stereocenters. The Morgan fingerprint density at radius 1 is 0.348 bits per heavy atom. The van der Waals surface area contributed by atoms with E-state index in [1.54, 1.807) is 0 Å². The summed E-state index contributed by atoms with van der Waals surface area (Å²) < 4.78 is 219. The van der Waals surface area contributed by atoms with Crippen LogP contribution in [0.1, 0.15) is 227 Å². The number of aliphatic hydroxyl groups is 1. The van der Waals surface area contributed by atoms with Crippen molar-refractivity contribution in [1.29, 1.82) is 0 Å². The standard InChI is InChI=1S/C43H89F5N5O11S5/c1-7-12-17-22-27-32-37-65(55,56)49(44)42(50(45)66(57,58)38-33-28-23-18-13-8-2,51(46)67(59,60)39-34-29-24-19-14-9-3)43(54,52(47)68(61,62)40-35-30-25-20-15-10-4)53(6,48)69(63,64)41-36-31-26-21-16-11-5/h54H,7-41H2,1-6H3/q+1. The molecule has 0 fully saturated rings. The lowest BCUT2D eigenvalue weighted by molar-refractivity contribution is -1.03. The van der Waals surface area contributed by atoms with E-state index in [4.69, 9.17) is 0 Å². The SMILES string of the molecule is CCCCCCCCS(=O)(=O)N(F)C(N(F)S(=O)(=O)CCCCCCCC)(N(F)S(=O)(=O)CCCCCCCC)C(O)(N(F)S(=O)(=O)CCCCCCCC)[N+](C)(F)S(=O)(=O)CCCCCCCC. The van der Waals surface area contributed by atoms with Crippen molar-refractivity contribution in [3.63, 3.8) is 0 Å². The Balaban J connectivity index is 8.87. The zero-order valence-electron chi connectivity index (χ0n) is 42.4. The summed E-state index contributed by atoms with van der Waals surface area (Å²) in [6, 6.07) is 0. The Hall–Kier alpha value is -0.840. The fourth-order valence-corrected chi connectivity index (χ4v) is 15.1. The number of halogens is 5. The molecule has 0 saturated carbocycles. The van der Waals surface area contributed by atoms with Crippen molar-refractivity contribution in [2.24, 2.45) is 0 Å². The molecule has 69 heavy (non-hydrogen) atoms. The van der Waals surface area contributed by atoms with E-state index in [-0.39, 0.29) is 32.1 Å². The molecule has 0 saturated heterocycles. The van der Waals surface area contributed by atoms with Crippen molar-refractivity contribution in [1.82, 2.24) is 18.1 Å². The summed E-state index contributed by atoms with van der Waals surface area (Å²) in [4.78, 5) is 0. The topological polar surface area (TPSA) is 204 Å². The molecule has 1 N–H and O–H groups in total. The van der Waals surface area contributed by atoms with Gasteiger partial charge in [0.05, 0.1) is 27.5 Å². The van der Waals surface area contributed by atoms with E-state index in [0.717, 1.165) is 32.1 Å². The molecule has 0 aromatic heterocycles. The number of quaternary nitrogens is 1. The zero-order chi connectivity index (χ0) is 53.1. The minimum atomic E-state index is -6.36. The van der Waals surface area contributed by atoms with Crippen LogP contribution in [0.3, 0.4) is 0 Å². The molecule has 0 rings (SSSR count). The van der Waals surface area contributed by atoms with Crippen LogP contribution < -0.4 is 0 Å². The fourth-order valence-electron chi connectivity index (χ4n) is 7.85. The molecule has 0 heterocycles. The lowest BCUT2D eigenvalue weighted by Crippen LogP contribution is -2.88. The van der Waals surface area contributed by atoms with Crippen LogP contribution >= 0.6 is 0 Å². The third-order valence-corrected chi connectivity index (χ3v) is 20.6. The van der Waals surface area contributed by atoms with Gasteiger partial charge in [0.2, 0.25) is 40.1 Å². The number of hydrogen-bond acceptors (Lipinski definition) is 11. The number of hydrogen-bond donors (Lipinski definition) is 1. The Morgan fingerprint density at radius 3 is 0.768 bits per heavy atom. The molecule has 0 aromatic rings. The first-order valence-electron chi connectivity index (χ1n) is 25.4. The number of likely N-dealkylation sites (N-methyl/N-ethyl adjacent to an activating group) is 1. The molecular weight excluding hydrogens is 1020 g/mol. The van der Waals surface area contributed by atoms with E-state index in [2.05, 4.69) is 0 Å².